The molecule has 0 spiro atoms. The lowest BCUT2D eigenvalue weighted by molar-refractivity contribution is -0.144. The summed E-state index contributed by atoms with van der Waals surface area (Å²) < 4.78 is 398. The summed E-state index contributed by atoms with van der Waals surface area (Å²) in [6, 6.07) is 18.9. The minimum Gasteiger partial charge on any atom is -0.307 e. The lowest BCUT2D eigenvalue weighted by Gasteiger charge is -2.21. The normalized spacial score (nSPS) is 13.2. The van der Waals surface area contributed by atoms with E-state index in [1.165, 1.54) is 6.07 Å². The molecule has 522 valence electrons. The maximum absolute atomic E-state index is 15.2. The van der Waals surface area contributed by atoms with Gasteiger partial charge in [-0.25, -0.2) is 0 Å². The van der Waals surface area contributed by atoms with Gasteiger partial charge in [0.2, 0.25) is 0 Å². The van der Waals surface area contributed by atoms with Gasteiger partial charge in [-0.1, -0.05) is 72.8 Å². The Morgan fingerprint density at radius 2 is 0.500 bits per heavy atom. The molecular formula is C71H29F27N4. The molecule has 0 aliphatic carbocycles. The van der Waals surface area contributed by atoms with Crippen molar-refractivity contribution in [2.75, 3.05) is 0 Å². The number of nitrogens with zero attached hydrogens (tertiary/aromatic N) is 4. The topological polar surface area (TPSA) is 57.4 Å². The molecule has 31 heteroatoms. The second kappa shape index (κ2) is 23.8. The number of nitriles is 2. The maximum atomic E-state index is 15.2. The van der Waals surface area contributed by atoms with Gasteiger partial charge in [0, 0.05) is 27.1 Å². The van der Waals surface area contributed by atoms with Crippen molar-refractivity contribution < 1.29 is 119 Å². The maximum Gasteiger partial charge on any atom is 0.417 e. The van der Waals surface area contributed by atoms with Crippen molar-refractivity contribution in [2.45, 2.75) is 55.6 Å². The third-order valence-corrected chi connectivity index (χ3v) is 16.8. The van der Waals surface area contributed by atoms with Crippen molar-refractivity contribution in [1.29, 1.82) is 10.5 Å². The van der Waals surface area contributed by atoms with Crippen LogP contribution in [0, 0.1) is 22.7 Å². The summed E-state index contributed by atoms with van der Waals surface area (Å²) >= 11 is 0. The molecule has 0 atom stereocenters. The van der Waals surface area contributed by atoms with Gasteiger partial charge >= 0.3 is 55.6 Å². The van der Waals surface area contributed by atoms with Gasteiger partial charge in [-0.3, -0.25) is 0 Å². The second-order valence-corrected chi connectivity index (χ2v) is 23.0. The number of aromatic nitrogens is 2. The van der Waals surface area contributed by atoms with Gasteiger partial charge in [0.05, 0.1) is 107 Å². The van der Waals surface area contributed by atoms with Crippen LogP contribution in [0.25, 0.3) is 111 Å². The molecule has 0 fully saturated rings. The van der Waals surface area contributed by atoms with E-state index in [9.17, 15) is 76.4 Å². The molecule has 0 N–H and O–H groups in total. The van der Waals surface area contributed by atoms with Crippen molar-refractivity contribution in [3.63, 3.8) is 0 Å². The van der Waals surface area contributed by atoms with Crippen LogP contribution in [-0.4, -0.2) is 9.13 Å². The summed E-state index contributed by atoms with van der Waals surface area (Å²) in [6.45, 7) is 0. The van der Waals surface area contributed by atoms with Gasteiger partial charge in [-0.15, -0.1) is 0 Å². The van der Waals surface area contributed by atoms with Gasteiger partial charge in [0.25, 0.3) is 0 Å². The molecule has 12 rings (SSSR count). The first kappa shape index (κ1) is 70.7. The fraction of sp³-hybridized carbons (Fsp3) is 0.127. The van der Waals surface area contributed by atoms with E-state index in [0.29, 0.717) is 36.4 Å². The third kappa shape index (κ3) is 12.9. The standard InChI is InChI=1S/C71H29F27N4/c72-63(73,74)39-5-13-44(53(25-39)68(87,88)89)33-1-9-48-49-10-2-34(45-14-6-40(64(75,76)77)26-54(45)69(90,91)92)21-58(49)101(57(48)20-33)61-24-38(31-100)52(37-17-32(30-99)18-43(19-37)67(84,85)86)29-62(61)102-59-22-35(46-15-7-41(65(78,79)80)27-55(46)70(93,94)95)3-11-50(59)51-12-4-36(23-60(51)102)47-16-8-42(66(81,82)83)28-56(47)71(96,97)98/h1-29H. The zero-order valence-corrected chi connectivity index (χ0v) is 49.7. The zero-order valence-electron chi connectivity index (χ0n) is 49.7. The van der Waals surface area contributed by atoms with E-state index in [0.717, 1.165) is 100 Å². The fourth-order valence-corrected chi connectivity index (χ4v) is 12.3. The second-order valence-electron chi connectivity index (χ2n) is 23.0. The van der Waals surface area contributed by atoms with Crippen molar-refractivity contribution in [3.05, 3.63) is 237 Å². The molecule has 0 unspecified atom stereocenters. The molecule has 0 saturated carbocycles. The molecule has 10 aromatic carbocycles. The summed E-state index contributed by atoms with van der Waals surface area (Å²) in [5.74, 6) is 0. The minimum atomic E-state index is -5.65. The molecule has 0 radical (unpaired) electrons. The van der Waals surface area contributed by atoms with Crippen LogP contribution >= 0.6 is 0 Å². The van der Waals surface area contributed by atoms with E-state index in [2.05, 4.69) is 0 Å². The monoisotopic (exact) mass is 1450 g/mol. The lowest BCUT2D eigenvalue weighted by atomic mass is 9.94. The molecule has 0 aliphatic rings. The number of hydrogen-bond donors (Lipinski definition) is 0. The highest BCUT2D eigenvalue weighted by atomic mass is 19.4. The first-order valence-electron chi connectivity index (χ1n) is 28.7. The molecule has 0 saturated heterocycles. The Bertz CT molecular complexity index is 5270. The van der Waals surface area contributed by atoms with E-state index >= 15 is 52.7 Å². The number of fused-ring (bicyclic) bond motifs is 6. The van der Waals surface area contributed by atoms with Crippen molar-refractivity contribution in [3.8, 4) is 79.1 Å². The summed E-state index contributed by atoms with van der Waals surface area (Å²) in [5, 5.41) is 20.4. The molecule has 102 heavy (non-hydrogen) atoms. The summed E-state index contributed by atoms with van der Waals surface area (Å²) in [5.41, 5.74) is -29.9. The number of benzene rings is 10. The quantitative estimate of drug-likeness (QED) is 0.149. The van der Waals surface area contributed by atoms with E-state index < -0.39 is 206 Å². The average molecular weight is 1450 g/mol. The van der Waals surface area contributed by atoms with Gasteiger partial charge in [-0.05, 0) is 153 Å². The Morgan fingerprint density at radius 3 is 0.745 bits per heavy atom. The highest BCUT2D eigenvalue weighted by Crippen LogP contribution is 2.51. The first-order chi connectivity index (χ1) is 47.1. The molecule has 0 aliphatic heterocycles. The highest BCUT2D eigenvalue weighted by molar-refractivity contribution is 6.14. The molecule has 2 aromatic heterocycles. The first-order valence-corrected chi connectivity index (χ1v) is 28.7. The molecule has 2 heterocycles. The van der Waals surface area contributed by atoms with E-state index in [-0.39, 0.29) is 70.1 Å². The fourth-order valence-electron chi connectivity index (χ4n) is 12.3. The van der Waals surface area contributed by atoms with E-state index in [1.807, 2.05) is 0 Å². The Labute approximate surface area is 552 Å². The molecule has 0 bridgehead atoms. The zero-order chi connectivity index (χ0) is 74.5. The van der Waals surface area contributed by atoms with Crippen LogP contribution in [-0.2, 0) is 55.6 Å². The Hall–Kier alpha value is -11.1. The number of hydrogen-bond acceptors (Lipinski definition) is 2. The Morgan fingerprint density at radius 1 is 0.225 bits per heavy atom. The smallest absolute Gasteiger partial charge is 0.307 e. The molecule has 4 nitrogen and oxygen atoms in total. The SMILES string of the molecule is N#Cc1cc(-c2cc(-n3c4cc(-c5ccc(C(F)(F)F)cc5C(F)(F)F)ccc4c4ccc(-c5ccc(C(F)(F)F)cc5C(F)(F)F)cc43)c(-n3c4cc(-c5ccc(C(F)(F)F)cc5C(F)(F)F)ccc4c4ccc(-c5ccc(C(F)(F)F)cc5C(F)(F)F)cc43)cc2C#N)cc(C(F)(F)F)c1. The summed E-state index contributed by atoms with van der Waals surface area (Å²) in [4.78, 5) is 0. The molecular weight excluding hydrogens is 1420 g/mol. The average Bonchev–Trinajstić information content (AvgIpc) is 1.54. The molecule has 12 aromatic rings. The van der Waals surface area contributed by atoms with Crippen molar-refractivity contribution >= 4 is 43.6 Å². The number of halogens is 27. The van der Waals surface area contributed by atoms with Crippen molar-refractivity contribution in [1.82, 2.24) is 9.13 Å². The van der Waals surface area contributed by atoms with Crippen LogP contribution in [0.15, 0.2) is 176 Å². The predicted molar refractivity (Wildman–Crippen MR) is 317 cm³/mol. The highest BCUT2D eigenvalue weighted by Gasteiger charge is 2.44. The van der Waals surface area contributed by atoms with Crippen LogP contribution in [0.4, 0.5) is 119 Å². The number of alkyl halides is 27. The van der Waals surface area contributed by atoms with Crippen LogP contribution in [0.1, 0.15) is 61.2 Å². The van der Waals surface area contributed by atoms with Crippen LogP contribution in [0.5, 0.6) is 0 Å². The van der Waals surface area contributed by atoms with Gasteiger partial charge in [0.1, 0.15) is 0 Å². The summed E-state index contributed by atoms with van der Waals surface area (Å²) in [7, 11) is 0. The van der Waals surface area contributed by atoms with E-state index in [1.54, 1.807) is 6.07 Å². The van der Waals surface area contributed by atoms with Crippen LogP contribution in [0.2, 0.25) is 0 Å². The Balaban J connectivity index is 1.31. The molecule has 0 amide bonds. The van der Waals surface area contributed by atoms with Gasteiger partial charge in [0.15, 0.2) is 0 Å². The van der Waals surface area contributed by atoms with Gasteiger partial charge < -0.3 is 9.13 Å². The minimum absolute atomic E-state index is 0.218. The van der Waals surface area contributed by atoms with Crippen LogP contribution < -0.4 is 0 Å². The summed E-state index contributed by atoms with van der Waals surface area (Å²) in [6.07, 6.45) is -49.6. The van der Waals surface area contributed by atoms with Crippen LogP contribution in [0.3, 0.4) is 0 Å². The predicted octanol–water partition coefficient (Wildman–Crippen LogP) is 25.1. The lowest BCUT2D eigenvalue weighted by Crippen LogP contribution is -2.12. The largest absolute Gasteiger partial charge is 0.417 e. The number of rotatable bonds is 7. The van der Waals surface area contributed by atoms with Crippen molar-refractivity contribution in [2.24, 2.45) is 0 Å². The van der Waals surface area contributed by atoms with Gasteiger partial charge in [-0.2, -0.15) is 129 Å². The third-order valence-electron chi connectivity index (χ3n) is 16.8. The van der Waals surface area contributed by atoms with E-state index in [4.69, 9.17) is 0 Å². The Kier molecular flexibility index (Phi) is 16.5.